The third-order valence-electron chi connectivity index (χ3n) is 4.27. The first-order valence-electron chi connectivity index (χ1n) is 7.79. The minimum absolute atomic E-state index is 0.108. The van der Waals surface area contributed by atoms with Gasteiger partial charge in [0.15, 0.2) is 5.78 Å². The second-order valence-corrected chi connectivity index (χ2v) is 5.63. The Morgan fingerprint density at radius 3 is 2.57 bits per heavy atom. The number of Topliss-reactive ketones (excluding diaryl/α,β-unsaturated/α-hetero) is 1. The second-order valence-electron chi connectivity index (χ2n) is 5.63. The lowest BCUT2D eigenvalue weighted by atomic mass is 10.1. The Balaban J connectivity index is 1.75. The molecule has 4 heteroatoms. The third kappa shape index (κ3) is 2.23. The Hall–Kier alpha value is -2.88. The Morgan fingerprint density at radius 2 is 1.74 bits per heavy atom. The van der Waals surface area contributed by atoms with Crippen LogP contribution in [0.5, 0.6) is 0 Å². The number of nitrogens with zero attached hydrogens (tertiary/aromatic N) is 3. The minimum atomic E-state index is 0.108. The number of carbonyl (C=O) groups excluding carboxylic acids is 1. The van der Waals surface area contributed by atoms with Crippen LogP contribution in [0.15, 0.2) is 61.1 Å². The van der Waals surface area contributed by atoms with Gasteiger partial charge in [-0.1, -0.05) is 30.3 Å². The zero-order valence-electron chi connectivity index (χ0n) is 12.9. The Bertz CT molecular complexity index is 1010. The Labute approximate surface area is 134 Å². The number of imidazole rings is 1. The van der Waals surface area contributed by atoms with Crippen LogP contribution in [0.3, 0.4) is 0 Å². The maximum Gasteiger partial charge on any atom is 0.184 e. The van der Waals surface area contributed by atoms with Crippen LogP contribution >= 0.6 is 0 Å². The van der Waals surface area contributed by atoms with Gasteiger partial charge in [0.05, 0.1) is 23.9 Å². The minimum Gasteiger partial charge on any atom is -0.347 e. The molecule has 0 atom stereocenters. The summed E-state index contributed by atoms with van der Waals surface area (Å²) in [6.45, 7) is 3.24. The number of para-hydroxylation sites is 3. The molecular formula is C19H17N3O. The van der Waals surface area contributed by atoms with E-state index in [1.54, 1.807) is 6.33 Å². The van der Waals surface area contributed by atoms with Gasteiger partial charge in [-0.3, -0.25) is 4.79 Å². The van der Waals surface area contributed by atoms with Crippen LogP contribution < -0.4 is 0 Å². The number of hydrogen-bond donors (Lipinski definition) is 0. The zero-order chi connectivity index (χ0) is 15.8. The van der Waals surface area contributed by atoms with E-state index in [2.05, 4.69) is 22.5 Å². The number of rotatable bonds is 4. The quantitative estimate of drug-likeness (QED) is 0.536. The molecule has 0 aliphatic carbocycles. The van der Waals surface area contributed by atoms with Crippen molar-refractivity contribution in [2.45, 2.75) is 20.0 Å². The molecular weight excluding hydrogens is 286 g/mol. The molecule has 0 fully saturated rings. The van der Waals surface area contributed by atoms with Crippen molar-refractivity contribution in [1.29, 1.82) is 0 Å². The molecule has 2 aromatic carbocycles. The van der Waals surface area contributed by atoms with E-state index in [9.17, 15) is 4.79 Å². The molecule has 0 N–H and O–H groups in total. The average molecular weight is 303 g/mol. The van der Waals surface area contributed by atoms with Crippen LogP contribution in [0.2, 0.25) is 0 Å². The molecule has 0 saturated carbocycles. The highest BCUT2D eigenvalue weighted by Crippen LogP contribution is 2.23. The van der Waals surface area contributed by atoms with Crippen molar-refractivity contribution >= 4 is 27.7 Å². The van der Waals surface area contributed by atoms with Crippen molar-refractivity contribution in [3.8, 4) is 0 Å². The number of ketones is 1. The Morgan fingerprint density at radius 1 is 1.00 bits per heavy atom. The highest BCUT2D eigenvalue weighted by molar-refractivity contribution is 6.08. The van der Waals surface area contributed by atoms with Gasteiger partial charge < -0.3 is 9.13 Å². The van der Waals surface area contributed by atoms with Gasteiger partial charge in [-0.25, -0.2) is 4.98 Å². The summed E-state index contributed by atoms with van der Waals surface area (Å²) >= 11 is 0. The molecule has 0 aliphatic rings. The summed E-state index contributed by atoms with van der Waals surface area (Å²) in [5, 5.41) is 1.02. The first-order chi connectivity index (χ1) is 11.3. The summed E-state index contributed by atoms with van der Waals surface area (Å²) in [5.74, 6) is 0.108. The second kappa shape index (κ2) is 5.39. The predicted octanol–water partition coefficient (Wildman–Crippen LogP) is 3.89. The number of hydrogen-bond acceptors (Lipinski definition) is 2. The van der Waals surface area contributed by atoms with E-state index >= 15 is 0 Å². The molecule has 0 radical (unpaired) electrons. The summed E-state index contributed by atoms with van der Waals surface area (Å²) in [7, 11) is 0. The molecule has 0 saturated heterocycles. The lowest BCUT2D eigenvalue weighted by Crippen LogP contribution is -2.09. The first kappa shape index (κ1) is 13.8. The van der Waals surface area contributed by atoms with E-state index in [4.69, 9.17) is 0 Å². The van der Waals surface area contributed by atoms with Gasteiger partial charge in [-0.2, -0.15) is 0 Å². The number of carbonyl (C=O) groups is 1. The molecule has 2 aromatic heterocycles. The Kier molecular flexibility index (Phi) is 3.23. The molecule has 114 valence electrons. The maximum absolute atomic E-state index is 12.8. The molecule has 2 heterocycles. The molecule has 23 heavy (non-hydrogen) atoms. The van der Waals surface area contributed by atoms with Crippen LogP contribution in [-0.4, -0.2) is 19.9 Å². The fraction of sp³-hybridized carbons (Fsp3) is 0.158. The lowest BCUT2D eigenvalue weighted by Gasteiger charge is -2.03. The van der Waals surface area contributed by atoms with Crippen LogP contribution in [0, 0.1) is 0 Å². The molecule has 0 bridgehead atoms. The highest BCUT2D eigenvalue weighted by Gasteiger charge is 2.15. The van der Waals surface area contributed by atoms with Crippen LogP contribution in [0.25, 0.3) is 21.9 Å². The lowest BCUT2D eigenvalue weighted by molar-refractivity contribution is 0.0975. The number of aromatic nitrogens is 3. The van der Waals surface area contributed by atoms with Crippen molar-refractivity contribution in [2.75, 3.05) is 0 Å². The molecule has 0 amide bonds. The standard InChI is InChI=1S/C19H17N3O/c1-2-21-11-15(14-7-3-5-9-17(14)21)19(23)12-22-13-20-16-8-4-6-10-18(16)22/h3-11,13H,2,12H2,1H3. The summed E-state index contributed by atoms with van der Waals surface area (Å²) in [6.07, 6.45) is 3.70. The van der Waals surface area contributed by atoms with Gasteiger partial charge in [-0.15, -0.1) is 0 Å². The normalized spacial score (nSPS) is 11.3. The predicted molar refractivity (Wildman–Crippen MR) is 91.7 cm³/mol. The SMILES string of the molecule is CCn1cc(C(=O)Cn2cnc3ccccc32)c2ccccc21. The fourth-order valence-corrected chi connectivity index (χ4v) is 3.11. The van der Waals surface area contributed by atoms with Crippen molar-refractivity contribution in [3.05, 3.63) is 66.6 Å². The van der Waals surface area contributed by atoms with E-state index < -0.39 is 0 Å². The zero-order valence-corrected chi connectivity index (χ0v) is 12.9. The van der Waals surface area contributed by atoms with Gasteiger partial charge in [0.1, 0.15) is 0 Å². The van der Waals surface area contributed by atoms with Crippen LogP contribution in [0.1, 0.15) is 17.3 Å². The molecule has 0 spiro atoms. The molecule has 0 aliphatic heterocycles. The fourth-order valence-electron chi connectivity index (χ4n) is 3.11. The number of aryl methyl sites for hydroxylation is 1. The van der Waals surface area contributed by atoms with E-state index in [0.29, 0.717) is 6.54 Å². The summed E-state index contributed by atoms with van der Waals surface area (Å²) in [4.78, 5) is 17.2. The van der Waals surface area contributed by atoms with Crippen molar-refractivity contribution in [1.82, 2.24) is 14.1 Å². The van der Waals surface area contributed by atoms with Gasteiger partial charge in [0, 0.05) is 29.2 Å². The van der Waals surface area contributed by atoms with Crippen LogP contribution in [-0.2, 0) is 13.1 Å². The third-order valence-corrected chi connectivity index (χ3v) is 4.27. The van der Waals surface area contributed by atoms with Gasteiger partial charge in [0.25, 0.3) is 0 Å². The summed E-state index contributed by atoms with van der Waals surface area (Å²) in [6, 6.07) is 15.9. The maximum atomic E-state index is 12.8. The topological polar surface area (TPSA) is 39.8 Å². The highest BCUT2D eigenvalue weighted by atomic mass is 16.1. The van der Waals surface area contributed by atoms with E-state index in [1.165, 1.54) is 0 Å². The summed E-state index contributed by atoms with van der Waals surface area (Å²) in [5.41, 5.74) is 3.78. The van der Waals surface area contributed by atoms with E-state index in [0.717, 1.165) is 34.0 Å². The molecule has 0 unspecified atom stereocenters. The van der Waals surface area contributed by atoms with E-state index in [-0.39, 0.29) is 5.78 Å². The number of benzene rings is 2. The number of fused-ring (bicyclic) bond motifs is 2. The van der Waals surface area contributed by atoms with E-state index in [1.807, 2.05) is 53.2 Å². The molecule has 4 aromatic rings. The van der Waals surface area contributed by atoms with Crippen molar-refractivity contribution in [3.63, 3.8) is 0 Å². The van der Waals surface area contributed by atoms with Crippen LogP contribution in [0.4, 0.5) is 0 Å². The smallest absolute Gasteiger partial charge is 0.184 e. The van der Waals surface area contributed by atoms with Gasteiger partial charge in [-0.05, 0) is 25.1 Å². The molecule has 4 nitrogen and oxygen atoms in total. The van der Waals surface area contributed by atoms with Gasteiger partial charge >= 0.3 is 0 Å². The largest absolute Gasteiger partial charge is 0.347 e. The molecule has 4 rings (SSSR count). The summed E-state index contributed by atoms with van der Waals surface area (Å²) < 4.78 is 4.03. The average Bonchev–Trinajstić information content (AvgIpc) is 3.16. The first-order valence-corrected chi connectivity index (χ1v) is 7.79. The van der Waals surface area contributed by atoms with Gasteiger partial charge in [0.2, 0.25) is 0 Å². The van der Waals surface area contributed by atoms with Crippen molar-refractivity contribution in [2.24, 2.45) is 0 Å². The monoisotopic (exact) mass is 303 g/mol. The van der Waals surface area contributed by atoms with Crippen molar-refractivity contribution < 1.29 is 4.79 Å².